The molecule has 1 aromatic heterocycles. The number of fused-ring (bicyclic) bond motifs is 1. The zero-order chi connectivity index (χ0) is 23.2. The molecule has 7 heteroatoms. The monoisotopic (exact) mass is 445 g/mol. The highest BCUT2D eigenvalue weighted by Crippen LogP contribution is 2.36. The maximum Gasteiger partial charge on any atom is 0.255 e. The molecular weight excluding hydrogens is 414 g/mol. The fourth-order valence-electron chi connectivity index (χ4n) is 4.06. The second-order valence-corrected chi connectivity index (χ2v) is 8.34. The Labute approximate surface area is 194 Å². The number of hydrogen-bond donors (Lipinski definition) is 2. The molecule has 2 N–H and O–H groups in total. The minimum absolute atomic E-state index is 0.170. The second kappa shape index (κ2) is 10.3. The number of allylic oxidation sites excluding steroid dienone is 1. The summed E-state index contributed by atoms with van der Waals surface area (Å²) >= 11 is 0. The smallest absolute Gasteiger partial charge is 0.255 e. The van der Waals surface area contributed by atoms with Gasteiger partial charge < -0.3 is 15.4 Å². The lowest BCUT2D eigenvalue weighted by molar-refractivity contribution is -0.113. The van der Waals surface area contributed by atoms with Crippen LogP contribution in [0.3, 0.4) is 0 Å². The number of carbonyl (C=O) groups is 1. The number of carbonyl (C=O) groups excluding carboxylic acids is 1. The third-order valence-corrected chi connectivity index (χ3v) is 5.89. The molecule has 3 aromatic rings. The molecule has 0 bridgehead atoms. The molecule has 1 unspecified atom stereocenters. The van der Waals surface area contributed by atoms with Gasteiger partial charge in [-0.2, -0.15) is 10.1 Å². The molecule has 0 fully saturated rings. The van der Waals surface area contributed by atoms with Crippen LogP contribution in [0.2, 0.25) is 0 Å². The Bertz CT molecular complexity index is 1130. The predicted molar refractivity (Wildman–Crippen MR) is 130 cm³/mol. The maximum absolute atomic E-state index is 13.4. The standard InChI is InChI=1S/C26H31N5O2/c1-4-5-6-9-16-33-21-14-12-20(13-15-21)24-23(19(3)29-26-27-17-28-31(24)26)25(32)30-22-11-8-7-10-18(22)2/h7-8,10-15,17,24H,4-6,9,16H2,1-3H3,(H,30,32)(H,27,28,29). The Kier molecular flexibility index (Phi) is 7.07. The summed E-state index contributed by atoms with van der Waals surface area (Å²) in [5, 5.41) is 10.7. The normalized spacial score (nSPS) is 15.1. The first-order valence-corrected chi connectivity index (χ1v) is 11.6. The van der Waals surface area contributed by atoms with Gasteiger partial charge in [-0.1, -0.05) is 56.5 Å². The SMILES string of the molecule is CCCCCCOc1ccc(C2C(C(=O)Nc3ccccc3C)=C(C)Nc3ncnn32)cc1. The Morgan fingerprint density at radius 1 is 1.09 bits per heavy atom. The van der Waals surface area contributed by atoms with E-state index in [1.807, 2.05) is 62.4 Å². The van der Waals surface area contributed by atoms with E-state index >= 15 is 0 Å². The van der Waals surface area contributed by atoms with Crippen molar-refractivity contribution in [2.75, 3.05) is 17.2 Å². The van der Waals surface area contributed by atoms with Gasteiger partial charge in [0.1, 0.15) is 18.1 Å². The van der Waals surface area contributed by atoms with E-state index < -0.39 is 6.04 Å². The molecule has 2 heterocycles. The number of nitrogens with one attached hydrogen (secondary N) is 2. The zero-order valence-corrected chi connectivity index (χ0v) is 19.5. The highest BCUT2D eigenvalue weighted by Gasteiger charge is 2.33. The quantitative estimate of drug-likeness (QED) is 0.427. The fourth-order valence-corrected chi connectivity index (χ4v) is 4.06. The van der Waals surface area contributed by atoms with E-state index in [1.54, 1.807) is 4.68 Å². The van der Waals surface area contributed by atoms with Gasteiger partial charge in [-0.25, -0.2) is 4.68 Å². The van der Waals surface area contributed by atoms with Crippen molar-refractivity contribution in [1.82, 2.24) is 14.8 Å². The number of aromatic nitrogens is 3. The van der Waals surface area contributed by atoms with Gasteiger partial charge >= 0.3 is 0 Å². The predicted octanol–water partition coefficient (Wildman–Crippen LogP) is 5.47. The van der Waals surface area contributed by atoms with Gasteiger partial charge in [0, 0.05) is 11.4 Å². The summed E-state index contributed by atoms with van der Waals surface area (Å²) in [6.07, 6.45) is 6.18. The number of ether oxygens (including phenoxy) is 1. The average molecular weight is 446 g/mol. The van der Waals surface area contributed by atoms with Crippen LogP contribution in [-0.4, -0.2) is 27.3 Å². The molecule has 7 nitrogen and oxygen atoms in total. The van der Waals surface area contributed by atoms with Gasteiger partial charge in [-0.05, 0) is 49.6 Å². The molecule has 0 saturated heterocycles. The van der Waals surface area contributed by atoms with Crippen molar-refractivity contribution in [1.29, 1.82) is 0 Å². The van der Waals surface area contributed by atoms with Crippen molar-refractivity contribution >= 4 is 17.5 Å². The second-order valence-electron chi connectivity index (χ2n) is 8.34. The fraction of sp³-hybridized carbons (Fsp3) is 0.346. The van der Waals surface area contributed by atoms with Crippen LogP contribution in [0.15, 0.2) is 66.1 Å². The molecule has 172 valence electrons. The lowest BCUT2D eigenvalue weighted by Crippen LogP contribution is -2.31. The number of nitrogens with zero attached hydrogens (tertiary/aromatic N) is 3. The molecule has 4 rings (SSSR count). The summed E-state index contributed by atoms with van der Waals surface area (Å²) in [6.45, 7) is 6.78. The van der Waals surface area contributed by atoms with Crippen LogP contribution in [0.1, 0.15) is 56.7 Å². The van der Waals surface area contributed by atoms with E-state index in [0.29, 0.717) is 18.1 Å². The number of anilines is 2. The van der Waals surface area contributed by atoms with Crippen molar-refractivity contribution in [3.8, 4) is 5.75 Å². The van der Waals surface area contributed by atoms with Gasteiger partial charge in [0.2, 0.25) is 5.95 Å². The van der Waals surface area contributed by atoms with Gasteiger partial charge in [-0.15, -0.1) is 0 Å². The molecule has 0 saturated carbocycles. The number of rotatable bonds is 9. The molecule has 2 aromatic carbocycles. The van der Waals surface area contributed by atoms with Crippen LogP contribution in [-0.2, 0) is 4.79 Å². The highest BCUT2D eigenvalue weighted by atomic mass is 16.5. The number of para-hydroxylation sites is 1. The lowest BCUT2D eigenvalue weighted by Gasteiger charge is -2.29. The molecule has 1 aliphatic heterocycles. The minimum Gasteiger partial charge on any atom is -0.494 e. The van der Waals surface area contributed by atoms with E-state index in [1.165, 1.54) is 25.6 Å². The topological polar surface area (TPSA) is 81.1 Å². The largest absolute Gasteiger partial charge is 0.494 e. The van der Waals surface area contributed by atoms with Gasteiger partial charge in [0.25, 0.3) is 5.91 Å². The molecule has 33 heavy (non-hydrogen) atoms. The first kappa shape index (κ1) is 22.6. The van der Waals surface area contributed by atoms with Crippen molar-refractivity contribution in [2.24, 2.45) is 0 Å². The third-order valence-electron chi connectivity index (χ3n) is 5.89. The first-order valence-electron chi connectivity index (χ1n) is 11.6. The highest BCUT2D eigenvalue weighted by molar-refractivity contribution is 6.06. The van der Waals surface area contributed by atoms with E-state index in [9.17, 15) is 4.79 Å². The maximum atomic E-state index is 13.4. The molecule has 0 spiro atoms. The van der Waals surface area contributed by atoms with Crippen molar-refractivity contribution < 1.29 is 9.53 Å². The molecular formula is C26H31N5O2. The summed E-state index contributed by atoms with van der Waals surface area (Å²) in [4.78, 5) is 17.8. The summed E-state index contributed by atoms with van der Waals surface area (Å²) in [5.41, 5.74) is 4.09. The number of hydrogen-bond acceptors (Lipinski definition) is 5. The summed E-state index contributed by atoms with van der Waals surface area (Å²) < 4.78 is 7.65. The molecule has 1 atom stereocenters. The van der Waals surface area contributed by atoms with Crippen LogP contribution in [0.25, 0.3) is 0 Å². The Hall–Kier alpha value is -3.61. The van der Waals surface area contributed by atoms with E-state index in [-0.39, 0.29) is 5.91 Å². The molecule has 0 aliphatic carbocycles. The Morgan fingerprint density at radius 2 is 1.88 bits per heavy atom. The van der Waals surface area contributed by atoms with Crippen molar-refractivity contribution in [3.63, 3.8) is 0 Å². The zero-order valence-electron chi connectivity index (χ0n) is 19.5. The number of unbranched alkanes of at least 4 members (excludes halogenated alkanes) is 3. The third kappa shape index (κ3) is 5.08. The van der Waals surface area contributed by atoms with Crippen LogP contribution >= 0.6 is 0 Å². The van der Waals surface area contributed by atoms with Gasteiger partial charge in [-0.3, -0.25) is 4.79 Å². The molecule has 1 amide bonds. The van der Waals surface area contributed by atoms with Crippen LogP contribution in [0, 0.1) is 6.92 Å². The number of aryl methyl sites for hydroxylation is 1. The molecule has 0 radical (unpaired) electrons. The number of benzene rings is 2. The summed E-state index contributed by atoms with van der Waals surface area (Å²) in [6, 6.07) is 15.3. The van der Waals surface area contributed by atoms with Crippen molar-refractivity contribution in [2.45, 2.75) is 52.5 Å². The first-order chi connectivity index (χ1) is 16.1. The van der Waals surface area contributed by atoms with E-state index in [2.05, 4.69) is 27.6 Å². The van der Waals surface area contributed by atoms with Gasteiger partial charge in [0.05, 0.1) is 12.2 Å². The average Bonchev–Trinajstić information content (AvgIpc) is 3.28. The molecule has 1 aliphatic rings. The Balaban J connectivity index is 1.58. The number of amides is 1. The summed E-state index contributed by atoms with van der Waals surface area (Å²) in [7, 11) is 0. The van der Waals surface area contributed by atoms with E-state index in [0.717, 1.165) is 34.7 Å². The van der Waals surface area contributed by atoms with Crippen LogP contribution in [0.5, 0.6) is 5.75 Å². The lowest BCUT2D eigenvalue weighted by atomic mass is 9.95. The van der Waals surface area contributed by atoms with Crippen LogP contribution in [0.4, 0.5) is 11.6 Å². The Morgan fingerprint density at radius 3 is 2.64 bits per heavy atom. The van der Waals surface area contributed by atoms with E-state index in [4.69, 9.17) is 4.74 Å². The summed E-state index contributed by atoms with van der Waals surface area (Å²) in [5.74, 6) is 1.27. The van der Waals surface area contributed by atoms with Gasteiger partial charge in [0.15, 0.2) is 0 Å². The minimum atomic E-state index is -0.397. The van der Waals surface area contributed by atoms with Crippen LogP contribution < -0.4 is 15.4 Å². The van der Waals surface area contributed by atoms with Crippen molar-refractivity contribution in [3.05, 3.63) is 77.3 Å².